The van der Waals surface area contributed by atoms with Crippen molar-refractivity contribution in [3.63, 3.8) is 0 Å². The van der Waals surface area contributed by atoms with E-state index in [-0.39, 0.29) is 0 Å². The monoisotopic (exact) mass is 510 g/mol. The predicted molar refractivity (Wildman–Crippen MR) is 153 cm³/mol. The summed E-state index contributed by atoms with van der Waals surface area (Å²) in [7, 11) is 0. The maximum Gasteiger partial charge on any atom is 0.146 e. The molecule has 0 aliphatic heterocycles. The molecule has 7 heteroatoms. The van der Waals surface area contributed by atoms with Gasteiger partial charge in [-0.25, -0.2) is 9.97 Å². The van der Waals surface area contributed by atoms with Crippen LogP contribution in [0.3, 0.4) is 0 Å². The fourth-order valence-corrected chi connectivity index (χ4v) is 6.13. The number of para-hydroxylation sites is 1. The van der Waals surface area contributed by atoms with Gasteiger partial charge in [-0.1, -0.05) is 30.3 Å². The van der Waals surface area contributed by atoms with E-state index in [0.29, 0.717) is 17.4 Å². The molecule has 7 nitrogen and oxygen atoms in total. The molecule has 2 aliphatic carbocycles. The molecule has 6 rings (SSSR count). The van der Waals surface area contributed by atoms with Crippen molar-refractivity contribution in [2.75, 3.05) is 18.8 Å². The molecule has 2 saturated carbocycles. The quantitative estimate of drug-likeness (QED) is 0.239. The minimum absolute atomic E-state index is 0.387. The Labute approximate surface area is 224 Å². The number of nitrogens with zero attached hydrogens (tertiary/aromatic N) is 3. The van der Waals surface area contributed by atoms with Gasteiger partial charge in [-0.3, -0.25) is 0 Å². The molecule has 4 aromatic rings. The Kier molecular flexibility index (Phi) is 7.04. The second kappa shape index (κ2) is 10.8. The summed E-state index contributed by atoms with van der Waals surface area (Å²) in [4.78, 5) is 9.02. The minimum Gasteiger partial charge on any atom is -0.457 e. The molecule has 38 heavy (non-hydrogen) atoms. The first-order valence-corrected chi connectivity index (χ1v) is 14.0. The van der Waals surface area contributed by atoms with Crippen LogP contribution >= 0.6 is 0 Å². The second-order valence-electron chi connectivity index (χ2n) is 11.1. The van der Waals surface area contributed by atoms with Gasteiger partial charge in [-0.15, -0.1) is 0 Å². The molecule has 198 valence electrons. The van der Waals surface area contributed by atoms with Crippen LogP contribution in [-0.4, -0.2) is 33.2 Å². The predicted octanol–water partition coefficient (Wildman–Crippen LogP) is 6.07. The van der Waals surface area contributed by atoms with E-state index >= 15 is 0 Å². The molecule has 2 aromatic carbocycles. The van der Waals surface area contributed by atoms with Crippen LogP contribution in [0.1, 0.15) is 57.4 Å². The number of aromatic nitrogens is 3. The summed E-state index contributed by atoms with van der Waals surface area (Å²) in [6, 6.07) is 18.5. The van der Waals surface area contributed by atoms with Crippen LogP contribution in [0.5, 0.6) is 11.5 Å². The van der Waals surface area contributed by atoms with Gasteiger partial charge in [0.2, 0.25) is 0 Å². The molecule has 0 bridgehead atoms. The van der Waals surface area contributed by atoms with E-state index in [9.17, 15) is 0 Å². The highest BCUT2D eigenvalue weighted by atomic mass is 16.5. The molecule has 2 aliphatic rings. The molecular formula is C31H38N6O. The van der Waals surface area contributed by atoms with E-state index in [4.69, 9.17) is 16.2 Å². The Bertz CT molecular complexity index is 1350. The summed E-state index contributed by atoms with van der Waals surface area (Å²) in [5.41, 5.74) is 15.6. The molecule has 5 N–H and O–H groups in total. The highest BCUT2D eigenvalue weighted by molar-refractivity contribution is 6.00. The van der Waals surface area contributed by atoms with Crippen LogP contribution in [0.15, 0.2) is 67.1 Å². The maximum absolute atomic E-state index is 6.41. The smallest absolute Gasteiger partial charge is 0.146 e. The number of anilines is 1. The lowest BCUT2D eigenvalue weighted by Gasteiger charge is -2.31. The van der Waals surface area contributed by atoms with E-state index in [1.54, 1.807) is 6.33 Å². The number of nitrogen functional groups attached to an aromatic ring is 1. The Morgan fingerprint density at radius 1 is 0.947 bits per heavy atom. The molecule has 2 heterocycles. The number of nitrogens with one attached hydrogen (secondary N) is 1. The third kappa shape index (κ3) is 5.26. The maximum atomic E-state index is 6.41. The van der Waals surface area contributed by atoms with E-state index in [2.05, 4.69) is 38.2 Å². The summed E-state index contributed by atoms with van der Waals surface area (Å²) < 4.78 is 8.35. The standard InChI is InChI=1S/C31H38N6O/c32-18-19-36-31(16-17-31)15-14-22-6-10-24(11-7-22)37-20-27(28-29(33)34-21-35-30(28)37)23-8-12-26(13-9-23)38-25-4-2-1-3-5-25/h1-5,8-9,12-13,20-22,24,36H,6-7,10-11,14-19,32H2,(H2,33,34,35)/t22-,24-. The van der Waals surface area contributed by atoms with Crippen LogP contribution in [0, 0.1) is 5.92 Å². The second-order valence-corrected chi connectivity index (χ2v) is 11.1. The number of rotatable bonds is 10. The lowest BCUT2D eigenvalue weighted by molar-refractivity contribution is 0.253. The first-order valence-electron chi connectivity index (χ1n) is 14.0. The molecule has 0 atom stereocenters. The molecule has 2 fully saturated rings. The van der Waals surface area contributed by atoms with Gasteiger partial charge in [0, 0.05) is 36.4 Å². The summed E-state index contributed by atoms with van der Waals surface area (Å²) >= 11 is 0. The Morgan fingerprint density at radius 3 is 2.39 bits per heavy atom. The topological polar surface area (TPSA) is 104 Å². The third-order valence-corrected chi connectivity index (χ3v) is 8.52. The zero-order chi connectivity index (χ0) is 26.0. The number of ether oxygens (including phenoxy) is 1. The lowest BCUT2D eigenvalue weighted by Crippen LogP contribution is -2.35. The molecule has 2 aromatic heterocycles. The van der Waals surface area contributed by atoms with Gasteiger partial charge in [0.1, 0.15) is 29.3 Å². The van der Waals surface area contributed by atoms with E-state index in [1.807, 2.05) is 42.5 Å². The van der Waals surface area contributed by atoms with Crippen LogP contribution < -0.4 is 21.5 Å². The number of benzene rings is 2. The van der Waals surface area contributed by atoms with Crippen molar-refractivity contribution in [2.24, 2.45) is 11.7 Å². The first kappa shape index (κ1) is 24.9. The van der Waals surface area contributed by atoms with Gasteiger partial charge in [-0.05, 0) is 87.1 Å². The number of nitrogens with two attached hydrogens (primary N) is 2. The fraction of sp³-hybridized carbons (Fsp3) is 0.419. The Morgan fingerprint density at radius 2 is 1.68 bits per heavy atom. The van der Waals surface area contributed by atoms with Gasteiger partial charge in [0.25, 0.3) is 0 Å². The molecular weight excluding hydrogens is 472 g/mol. The van der Waals surface area contributed by atoms with Crippen LogP contribution in [0.2, 0.25) is 0 Å². The average Bonchev–Trinajstić information content (AvgIpc) is 3.63. The van der Waals surface area contributed by atoms with Crippen LogP contribution in [-0.2, 0) is 0 Å². The van der Waals surface area contributed by atoms with E-state index in [1.165, 1.54) is 51.4 Å². The van der Waals surface area contributed by atoms with Gasteiger partial charge in [0.05, 0.1) is 5.39 Å². The Balaban J connectivity index is 1.17. The van der Waals surface area contributed by atoms with Crippen molar-refractivity contribution in [1.29, 1.82) is 0 Å². The van der Waals surface area contributed by atoms with Crippen LogP contribution in [0.25, 0.3) is 22.2 Å². The zero-order valence-corrected chi connectivity index (χ0v) is 22.0. The van der Waals surface area contributed by atoms with E-state index < -0.39 is 0 Å². The molecule has 0 unspecified atom stereocenters. The van der Waals surface area contributed by atoms with Crippen molar-refractivity contribution < 1.29 is 4.74 Å². The molecule has 0 saturated heterocycles. The van der Waals surface area contributed by atoms with Crippen molar-refractivity contribution in [3.8, 4) is 22.6 Å². The van der Waals surface area contributed by atoms with E-state index in [0.717, 1.165) is 52.7 Å². The number of fused-ring (bicyclic) bond motifs is 1. The third-order valence-electron chi connectivity index (χ3n) is 8.52. The van der Waals surface area contributed by atoms with Crippen LogP contribution in [0.4, 0.5) is 5.82 Å². The molecule has 0 radical (unpaired) electrons. The highest BCUT2D eigenvalue weighted by Crippen LogP contribution is 2.44. The van der Waals surface area contributed by atoms with Gasteiger partial charge in [-0.2, -0.15) is 0 Å². The summed E-state index contributed by atoms with van der Waals surface area (Å²) in [6.07, 6.45) is 13.9. The normalized spacial score (nSPS) is 20.4. The minimum atomic E-state index is 0.387. The molecule has 0 spiro atoms. The number of hydrogen-bond acceptors (Lipinski definition) is 6. The Hall–Kier alpha value is -3.42. The summed E-state index contributed by atoms with van der Waals surface area (Å²) in [6.45, 7) is 1.66. The van der Waals surface area contributed by atoms with Gasteiger partial charge >= 0.3 is 0 Å². The summed E-state index contributed by atoms with van der Waals surface area (Å²) in [5.74, 6) is 2.96. The van der Waals surface area contributed by atoms with Crippen molar-refractivity contribution in [1.82, 2.24) is 19.9 Å². The fourth-order valence-electron chi connectivity index (χ4n) is 6.13. The first-order chi connectivity index (χ1) is 18.6. The summed E-state index contributed by atoms with van der Waals surface area (Å²) in [5, 5.41) is 4.63. The highest BCUT2D eigenvalue weighted by Gasteiger charge is 2.41. The van der Waals surface area contributed by atoms with Crippen molar-refractivity contribution in [2.45, 2.75) is 62.9 Å². The SMILES string of the molecule is NCCNC1(CC[C@H]2CC[C@H](n3cc(-c4ccc(Oc5ccccc5)cc4)c4c(N)ncnc43)CC2)CC1. The van der Waals surface area contributed by atoms with Crippen molar-refractivity contribution in [3.05, 3.63) is 67.1 Å². The lowest BCUT2D eigenvalue weighted by atomic mass is 9.82. The largest absolute Gasteiger partial charge is 0.457 e. The van der Waals surface area contributed by atoms with Crippen molar-refractivity contribution >= 4 is 16.9 Å². The van der Waals surface area contributed by atoms with Gasteiger partial charge in [0.15, 0.2) is 0 Å². The molecule has 0 amide bonds. The number of hydrogen-bond donors (Lipinski definition) is 3. The average molecular weight is 511 g/mol. The van der Waals surface area contributed by atoms with Gasteiger partial charge < -0.3 is 26.1 Å². The zero-order valence-electron chi connectivity index (χ0n) is 22.0.